The van der Waals surface area contributed by atoms with Gasteiger partial charge in [-0.2, -0.15) is 0 Å². The summed E-state index contributed by atoms with van der Waals surface area (Å²) in [4.78, 5) is 34.8. The molecule has 0 aliphatic heterocycles. The molecule has 1 aliphatic carbocycles. The van der Waals surface area contributed by atoms with Crippen molar-refractivity contribution in [1.82, 2.24) is 10.3 Å². The highest BCUT2D eigenvalue weighted by molar-refractivity contribution is 5.98. The molecule has 0 aromatic carbocycles. The fourth-order valence-electron chi connectivity index (χ4n) is 2.11. The normalized spacial score (nSPS) is 17.8. The molecule has 2 rings (SSSR count). The van der Waals surface area contributed by atoms with Crippen LogP contribution < -0.4 is 5.32 Å². The zero-order valence-corrected chi connectivity index (χ0v) is 13.5. The molecular formula is C17H22N2O4. The molecule has 1 heterocycles. The Hall–Kier alpha value is -2.63. The number of hydrogen-bond acceptors (Lipinski definition) is 3. The van der Waals surface area contributed by atoms with E-state index in [0.29, 0.717) is 5.69 Å². The number of nitrogens with one attached hydrogen (secondary N) is 2. The molecule has 0 saturated heterocycles. The van der Waals surface area contributed by atoms with Gasteiger partial charge in [-0.05, 0) is 17.5 Å². The van der Waals surface area contributed by atoms with Crippen molar-refractivity contribution in [1.29, 1.82) is 0 Å². The quantitative estimate of drug-likeness (QED) is 0.741. The van der Waals surface area contributed by atoms with Gasteiger partial charge in [0, 0.05) is 13.1 Å². The number of aliphatic carboxylic acids is 1. The first-order valence-corrected chi connectivity index (χ1v) is 7.24. The standard InChI is InChI=1S/C13H15NO.C4H7NO3/c1-13(2)8-4-3-6-10(13)12(15)11-7-5-9-14-11;1-3(6)5-2-4(7)8/h3-10,14H,1-2H3;2H2,1H3,(H,5,6)(H,7,8). The Kier molecular flexibility index (Phi) is 6.50. The summed E-state index contributed by atoms with van der Waals surface area (Å²) in [6.07, 6.45) is 9.78. The maximum atomic E-state index is 12.2. The second-order valence-corrected chi connectivity index (χ2v) is 5.79. The minimum atomic E-state index is -1.03. The molecular weight excluding hydrogens is 296 g/mol. The van der Waals surface area contributed by atoms with E-state index < -0.39 is 5.97 Å². The van der Waals surface area contributed by atoms with E-state index in [1.54, 1.807) is 6.20 Å². The Morgan fingerprint density at radius 2 is 2.00 bits per heavy atom. The molecule has 6 heteroatoms. The highest BCUT2D eigenvalue weighted by Crippen LogP contribution is 2.34. The third-order valence-corrected chi connectivity index (χ3v) is 3.38. The molecule has 1 amide bonds. The van der Waals surface area contributed by atoms with Gasteiger partial charge in [0.1, 0.15) is 6.54 Å². The van der Waals surface area contributed by atoms with Gasteiger partial charge in [0.25, 0.3) is 0 Å². The molecule has 0 fully saturated rings. The van der Waals surface area contributed by atoms with Crippen molar-refractivity contribution in [2.24, 2.45) is 11.3 Å². The number of carboxylic acids is 1. The average Bonchev–Trinajstić information content (AvgIpc) is 2.99. The number of carboxylic acid groups (broad SMARTS) is 1. The summed E-state index contributed by atoms with van der Waals surface area (Å²) in [7, 11) is 0. The molecule has 6 nitrogen and oxygen atoms in total. The van der Waals surface area contributed by atoms with Crippen LogP contribution in [0.1, 0.15) is 31.3 Å². The van der Waals surface area contributed by atoms with Crippen LogP contribution in [0.5, 0.6) is 0 Å². The van der Waals surface area contributed by atoms with Gasteiger partial charge in [-0.3, -0.25) is 14.4 Å². The summed E-state index contributed by atoms with van der Waals surface area (Å²) in [5, 5.41) is 10.1. The third kappa shape index (κ3) is 5.94. The van der Waals surface area contributed by atoms with E-state index in [1.165, 1.54) is 6.92 Å². The maximum Gasteiger partial charge on any atom is 0.322 e. The lowest BCUT2D eigenvalue weighted by atomic mass is 9.73. The SMILES string of the molecule is CC(=O)NCC(=O)O.CC1(C)C=CC=CC1C(=O)c1ccc[nH]1. The zero-order chi connectivity index (χ0) is 17.5. The van der Waals surface area contributed by atoms with Crippen LogP contribution >= 0.6 is 0 Å². The minimum absolute atomic E-state index is 0.0684. The smallest absolute Gasteiger partial charge is 0.322 e. The first kappa shape index (κ1) is 18.4. The van der Waals surface area contributed by atoms with E-state index in [0.717, 1.165) is 0 Å². The van der Waals surface area contributed by atoms with Crippen molar-refractivity contribution in [3.63, 3.8) is 0 Å². The van der Waals surface area contributed by atoms with Crippen LogP contribution in [-0.2, 0) is 9.59 Å². The van der Waals surface area contributed by atoms with E-state index in [2.05, 4.69) is 30.2 Å². The molecule has 0 radical (unpaired) electrons. The number of hydrogen-bond donors (Lipinski definition) is 3. The van der Waals surface area contributed by atoms with Crippen molar-refractivity contribution < 1.29 is 19.5 Å². The average molecular weight is 318 g/mol. The van der Waals surface area contributed by atoms with E-state index in [9.17, 15) is 14.4 Å². The number of carbonyl (C=O) groups is 3. The van der Waals surface area contributed by atoms with Crippen molar-refractivity contribution in [2.45, 2.75) is 20.8 Å². The van der Waals surface area contributed by atoms with E-state index in [1.807, 2.05) is 30.4 Å². The molecule has 1 atom stereocenters. The van der Waals surface area contributed by atoms with Gasteiger partial charge >= 0.3 is 5.97 Å². The second kappa shape index (κ2) is 8.12. The van der Waals surface area contributed by atoms with Crippen LogP contribution in [0.25, 0.3) is 0 Å². The summed E-state index contributed by atoms with van der Waals surface area (Å²) in [6.45, 7) is 5.13. The number of allylic oxidation sites excluding steroid dienone is 4. The number of aromatic amines is 1. The van der Waals surface area contributed by atoms with Gasteiger partial charge < -0.3 is 15.4 Å². The van der Waals surface area contributed by atoms with Gasteiger partial charge in [0.2, 0.25) is 5.91 Å². The summed E-state index contributed by atoms with van der Waals surface area (Å²) < 4.78 is 0. The molecule has 0 saturated carbocycles. The van der Waals surface area contributed by atoms with Crippen LogP contribution in [0, 0.1) is 11.3 Å². The molecule has 1 aliphatic rings. The van der Waals surface area contributed by atoms with Gasteiger partial charge in [0.15, 0.2) is 5.78 Å². The largest absolute Gasteiger partial charge is 0.480 e. The number of aromatic nitrogens is 1. The Balaban J connectivity index is 0.000000284. The number of rotatable bonds is 4. The van der Waals surface area contributed by atoms with Crippen molar-refractivity contribution >= 4 is 17.7 Å². The molecule has 1 aromatic rings. The van der Waals surface area contributed by atoms with Gasteiger partial charge in [-0.25, -0.2) is 0 Å². The van der Waals surface area contributed by atoms with Crippen LogP contribution in [0.15, 0.2) is 42.6 Å². The molecule has 124 valence electrons. The monoisotopic (exact) mass is 318 g/mol. The minimum Gasteiger partial charge on any atom is -0.480 e. The predicted molar refractivity (Wildman–Crippen MR) is 87.0 cm³/mol. The third-order valence-electron chi connectivity index (χ3n) is 3.38. The van der Waals surface area contributed by atoms with Gasteiger partial charge in [-0.15, -0.1) is 0 Å². The molecule has 0 spiro atoms. The van der Waals surface area contributed by atoms with Crippen molar-refractivity contribution in [3.8, 4) is 0 Å². The highest BCUT2D eigenvalue weighted by Gasteiger charge is 2.33. The van der Waals surface area contributed by atoms with E-state index >= 15 is 0 Å². The highest BCUT2D eigenvalue weighted by atomic mass is 16.4. The van der Waals surface area contributed by atoms with Crippen LogP contribution in [0.4, 0.5) is 0 Å². The first-order valence-electron chi connectivity index (χ1n) is 7.24. The molecule has 1 aromatic heterocycles. The van der Waals surface area contributed by atoms with Crippen LogP contribution in [0.2, 0.25) is 0 Å². The van der Waals surface area contributed by atoms with Crippen molar-refractivity contribution in [3.05, 3.63) is 48.3 Å². The second-order valence-electron chi connectivity index (χ2n) is 5.79. The zero-order valence-electron chi connectivity index (χ0n) is 13.5. The summed E-state index contributed by atoms with van der Waals surface area (Å²) >= 11 is 0. The van der Waals surface area contributed by atoms with Crippen LogP contribution in [0.3, 0.4) is 0 Å². The lowest BCUT2D eigenvalue weighted by molar-refractivity contribution is -0.137. The summed E-state index contributed by atoms with van der Waals surface area (Å²) in [5.74, 6) is -1.26. The lowest BCUT2D eigenvalue weighted by Crippen LogP contribution is -2.29. The topological polar surface area (TPSA) is 99.3 Å². The van der Waals surface area contributed by atoms with E-state index in [4.69, 9.17) is 5.11 Å². The Bertz CT molecular complexity index is 599. The lowest BCUT2D eigenvalue weighted by Gasteiger charge is -2.29. The Morgan fingerprint density at radius 1 is 1.30 bits per heavy atom. The number of ketones is 1. The Morgan fingerprint density at radius 3 is 2.43 bits per heavy atom. The van der Waals surface area contributed by atoms with E-state index in [-0.39, 0.29) is 29.6 Å². The summed E-state index contributed by atoms with van der Waals surface area (Å²) in [5.41, 5.74) is 0.588. The molecule has 0 bridgehead atoms. The number of H-pyrrole nitrogens is 1. The number of carbonyl (C=O) groups excluding carboxylic acids is 2. The number of amides is 1. The summed E-state index contributed by atoms with van der Waals surface area (Å²) in [6, 6.07) is 3.67. The predicted octanol–water partition coefficient (Wildman–Crippen LogP) is 2.17. The molecule has 23 heavy (non-hydrogen) atoms. The number of Topliss-reactive ketones (excluding diaryl/α,β-unsaturated/α-hetero) is 1. The fraction of sp³-hybridized carbons (Fsp3) is 0.353. The Labute approximate surface area is 135 Å². The van der Waals surface area contributed by atoms with Crippen LogP contribution in [-0.4, -0.2) is 34.3 Å². The first-order chi connectivity index (χ1) is 10.7. The van der Waals surface area contributed by atoms with Crippen molar-refractivity contribution in [2.75, 3.05) is 6.54 Å². The van der Waals surface area contributed by atoms with Gasteiger partial charge in [-0.1, -0.05) is 38.2 Å². The van der Waals surface area contributed by atoms with Gasteiger partial charge in [0.05, 0.1) is 11.6 Å². The molecule has 1 unspecified atom stereocenters. The molecule has 3 N–H and O–H groups in total. The fourth-order valence-corrected chi connectivity index (χ4v) is 2.11. The maximum absolute atomic E-state index is 12.2.